The summed E-state index contributed by atoms with van der Waals surface area (Å²) in [7, 11) is -2.99. The molecule has 63 heavy (non-hydrogen) atoms. The number of nitrogens with zero attached hydrogens (tertiary/aromatic N) is 2. The lowest BCUT2D eigenvalue weighted by molar-refractivity contribution is 1.16. The van der Waals surface area contributed by atoms with E-state index in [9.17, 15) is 0 Å². The third-order valence-electron chi connectivity index (χ3n) is 13.1. The van der Waals surface area contributed by atoms with Gasteiger partial charge in [0.05, 0.1) is 27.8 Å². The number of rotatable bonds is 8. The van der Waals surface area contributed by atoms with Crippen LogP contribution >= 0.6 is 0 Å². The van der Waals surface area contributed by atoms with E-state index in [0.29, 0.717) is 0 Å². The molecule has 0 unspecified atom stereocenters. The first-order valence-electron chi connectivity index (χ1n) is 21.8. The molecule has 0 fully saturated rings. The minimum Gasteiger partial charge on any atom is -0.309 e. The fourth-order valence-corrected chi connectivity index (χ4v) is 15.3. The quantitative estimate of drug-likeness (QED) is 0.107. The van der Waals surface area contributed by atoms with E-state index in [4.69, 9.17) is 0 Å². The Morgan fingerprint density at radius 1 is 0.286 bits per heavy atom. The number of hydrogen-bond donors (Lipinski definition) is 0. The SMILES string of the molecule is c1ccc(-c2ccc(-n3c4ccccc4c4cc(-c5ccccc5)c(-n5c6ccccc6c6cccc([Si](c7ccccc7)(c7ccccc7)c7ccccc7)c65)cc43)cc2)cc1. The third-order valence-corrected chi connectivity index (χ3v) is 17.9. The molecular formula is C60H42N2Si. The summed E-state index contributed by atoms with van der Waals surface area (Å²) in [5.41, 5.74) is 11.8. The molecule has 0 aliphatic carbocycles. The van der Waals surface area contributed by atoms with Crippen LogP contribution in [0.2, 0.25) is 0 Å². The summed E-state index contributed by atoms with van der Waals surface area (Å²) < 4.78 is 5.07. The van der Waals surface area contributed by atoms with E-state index < -0.39 is 8.07 Å². The maximum Gasteiger partial charge on any atom is 0.181 e. The standard InChI is InChI=1S/C60H42N2Si/c1-6-21-43(22-7-1)44-37-39-46(40-38-44)61-55-34-18-17-32-51(55)54-41-53(45-23-8-2-9-24-45)57(42-58(54)61)62-56-35-19-16-31-50(56)52-33-20-36-59(60(52)62)63(47-25-10-3-11-26-47,48-27-12-4-13-28-48)49-29-14-5-15-30-49/h1-42H. The number of aromatic nitrogens is 2. The van der Waals surface area contributed by atoms with Crippen LogP contribution in [0.25, 0.3) is 77.2 Å². The van der Waals surface area contributed by atoms with E-state index in [0.717, 1.165) is 11.4 Å². The van der Waals surface area contributed by atoms with Gasteiger partial charge in [0.25, 0.3) is 0 Å². The van der Waals surface area contributed by atoms with Gasteiger partial charge in [-0.25, -0.2) is 0 Å². The van der Waals surface area contributed by atoms with Crippen molar-refractivity contribution < 1.29 is 0 Å². The summed E-state index contributed by atoms with van der Waals surface area (Å²) in [4.78, 5) is 0. The smallest absolute Gasteiger partial charge is 0.181 e. The van der Waals surface area contributed by atoms with Crippen LogP contribution in [0.3, 0.4) is 0 Å². The van der Waals surface area contributed by atoms with E-state index in [-0.39, 0.29) is 0 Å². The summed E-state index contributed by atoms with van der Waals surface area (Å²) >= 11 is 0. The molecule has 2 nitrogen and oxygen atoms in total. The molecule has 0 aliphatic heterocycles. The largest absolute Gasteiger partial charge is 0.309 e. The van der Waals surface area contributed by atoms with Gasteiger partial charge in [-0.3, -0.25) is 0 Å². The Bertz CT molecular complexity index is 3480. The van der Waals surface area contributed by atoms with Crippen LogP contribution in [0.1, 0.15) is 0 Å². The van der Waals surface area contributed by atoms with Crippen molar-refractivity contribution in [3.63, 3.8) is 0 Å². The molecule has 0 atom stereocenters. The average Bonchev–Trinajstić information content (AvgIpc) is 3.88. The van der Waals surface area contributed by atoms with Crippen molar-refractivity contribution in [1.29, 1.82) is 0 Å². The third kappa shape index (κ3) is 5.85. The number of benzene rings is 10. The van der Waals surface area contributed by atoms with Gasteiger partial charge in [0.1, 0.15) is 0 Å². The summed E-state index contributed by atoms with van der Waals surface area (Å²) in [5, 5.41) is 10.4. The molecule has 10 aromatic carbocycles. The maximum atomic E-state index is 2.61. The van der Waals surface area contributed by atoms with Crippen molar-refractivity contribution in [2.24, 2.45) is 0 Å². The normalized spacial score (nSPS) is 11.8. The van der Waals surface area contributed by atoms with E-state index in [2.05, 4.69) is 264 Å². The molecule has 0 saturated heterocycles. The van der Waals surface area contributed by atoms with Gasteiger partial charge in [-0.1, -0.05) is 218 Å². The molecule has 0 saturated carbocycles. The molecule has 12 rings (SSSR count). The van der Waals surface area contributed by atoms with E-state index in [1.807, 2.05) is 0 Å². The Kier molecular flexibility index (Phi) is 8.87. The van der Waals surface area contributed by atoms with Crippen LogP contribution in [0.5, 0.6) is 0 Å². The molecule has 0 bridgehead atoms. The van der Waals surface area contributed by atoms with Gasteiger partial charge in [-0.05, 0) is 73.8 Å². The van der Waals surface area contributed by atoms with Gasteiger partial charge in [0.2, 0.25) is 0 Å². The molecule has 3 heteroatoms. The van der Waals surface area contributed by atoms with Gasteiger partial charge in [0, 0.05) is 32.8 Å². The second-order valence-electron chi connectivity index (χ2n) is 16.4. The van der Waals surface area contributed by atoms with Crippen LogP contribution < -0.4 is 20.7 Å². The van der Waals surface area contributed by atoms with Crippen LogP contribution in [0.15, 0.2) is 255 Å². The molecular weight excluding hydrogens is 777 g/mol. The van der Waals surface area contributed by atoms with Crippen LogP contribution in [0.4, 0.5) is 0 Å². The number of para-hydroxylation sites is 3. The zero-order valence-electron chi connectivity index (χ0n) is 34.6. The predicted molar refractivity (Wildman–Crippen MR) is 270 cm³/mol. The van der Waals surface area contributed by atoms with Crippen molar-refractivity contribution >= 4 is 72.4 Å². The van der Waals surface area contributed by atoms with E-state index in [1.54, 1.807) is 0 Å². The van der Waals surface area contributed by atoms with Gasteiger partial charge in [-0.2, -0.15) is 0 Å². The zero-order valence-corrected chi connectivity index (χ0v) is 35.6. The van der Waals surface area contributed by atoms with Gasteiger partial charge < -0.3 is 9.13 Å². The first kappa shape index (κ1) is 36.8. The minimum atomic E-state index is -2.99. The molecule has 2 heterocycles. The minimum absolute atomic E-state index is 1.13. The number of hydrogen-bond acceptors (Lipinski definition) is 0. The van der Waals surface area contributed by atoms with Gasteiger partial charge in [0.15, 0.2) is 8.07 Å². The fourth-order valence-electron chi connectivity index (χ4n) is 10.4. The zero-order chi connectivity index (χ0) is 41.7. The van der Waals surface area contributed by atoms with Crippen molar-refractivity contribution in [2.75, 3.05) is 0 Å². The number of fused-ring (bicyclic) bond motifs is 6. The Morgan fingerprint density at radius 3 is 1.30 bits per heavy atom. The topological polar surface area (TPSA) is 9.86 Å². The first-order valence-corrected chi connectivity index (χ1v) is 23.8. The summed E-state index contributed by atoms with van der Waals surface area (Å²) in [5.74, 6) is 0. The second kappa shape index (κ2) is 15.2. The lowest BCUT2D eigenvalue weighted by Gasteiger charge is -2.35. The first-order chi connectivity index (χ1) is 31.3. The van der Waals surface area contributed by atoms with Crippen LogP contribution in [-0.2, 0) is 0 Å². The monoisotopic (exact) mass is 818 g/mol. The Morgan fingerprint density at radius 2 is 0.730 bits per heavy atom. The van der Waals surface area contributed by atoms with Crippen molar-refractivity contribution in [3.8, 4) is 33.6 Å². The molecule has 0 N–H and O–H groups in total. The lowest BCUT2D eigenvalue weighted by atomic mass is 10.00. The molecule has 296 valence electrons. The summed E-state index contributed by atoms with van der Waals surface area (Å²) in [6.07, 6.45) is 0. The van der Waals surface area contributed by atoms with Gasteiger partial charge in [-0.15, -0.1) is 0 Å². The summed E-state index contributed by atoms with van der Waals surface area (Å²) in [6, 6.07) is 94.4. The average molecular weight is 819 g/mol. The van der Waals surface area contributed by atoms with E-state index in [1.165, 1.54) is 86.6 Å². The highest BCUT2D eigenvalue weighted by Crippen LogP contribution is 2.42. The molecule has 0 amide bonds. The maximum absolute atomic E-state index is 2.99. The highest BCUT2D eigenvalue weighted by atomic mass is 28.3. The molecule has 2 aromatic heterocycles. The van der Waals surface area contributed by atoms with E-state index >= 15 is 0 Å². The molecule has 12 aromatic rings. The Hall–Kier alpha value is -7.98. The van der Waals surface area contributed by atoms with Crippen LogP contribution in [0, 0.1) is 0 Å². The van der Waals surface area contributed by atoms with Crippen molar-refractivity contribution in [3.05, 3.63) is 255 Å². The fraction of sp³-hybridized carbons (Fsp3) is 0. The predicted octanol–water partition coefficient (Wildman–Crippen LogP) is 12.6. The highest BCUT2D eigenvalue weighted by Gasteiger charge is 2.43. The second-order valence-corrected chi connectivity index (χ2v) is 20.2. The highest BCUT2D eigenvalue weighted by molar-refractivity contribution is 7.20. The lowest BCUT2D eigenvalue weighted by Crippen LogP contribution is -2.75. The Labute approximate surface area is 368 Å². The molecule has 0 spiro atoms. The summed E-state index contributed by atoms with van der Waals surface area (Å²) in [6.45, 7) is 0. The molecule has 0 aliphatic rings. The van der Waals surface area contributed by atoms with Crippen molar-refractivity contribution in [1.82, 2.24) is 9.13 Å². The molecule has 0 radical (unpaired) electrons. The van der Waals surface area contributed by atoms with Crippen LogP contribution in [-0.4, -0.2) is 17.2 Å². The van der Waals surface area contributed by atoms with Gasteiger partial charge >= 0.3 is 0 Å². The Balaban J connectivity index is 1.24. The van der Waals surface area contributed by atoms with Crippen molar-refractivity contribution in [2.45, 2.75) is 0 Å².